The lowest BCUT2D eigenvalue weighted by molar-refractivity contribution is -0.140. The Morgan fingerprint density at radius 1 is 1.17 bits per heavy atom. The maximum absolute atomic E-state index is 12.3. The fourth-order valence-corrected chi connectivity index (χ4v) is 5.94. The first-order chi connectivity index (χ1) is 14.2. The van der Waals surface area contributed by atoms with E-state index in [-0.39, 0.29) is 11.5 Å². The van der Waals surface area contributed by atoms with E-state index in [4.69, 9.17) is 33.0 Å². The molecule has 0 saturated carbocycles. The van der Waals surface area contributed by atoms with Gasteiger partial charge in [0.15, 0.2) is 0 Å². The van der Waals surface area contributed by atoms with Gasteiger partial charge in [-0.15, -0.1) is 0 Å². The standard InChI is InChI=1S/C19H11Cl2I2NO5S/c20-11-2-1-10(12(21)6-11)8-29-17-13(22)3-9(4-14(17)23)5-15-18(27)24(7-16(25)26)19(28)30-15/h1-6H,7-8H2,(H,25,26)/b15-5+. The number of aliphatic carboxylic acids is 1. The number of carbonyl (C=O) groups excluding carboxylic acids is 2. The molecule has 3 rings (SSSR count). The van der Waals surface area contributed by atoms with Crippen LogP contribution >= 0.6 is 80.1 Å². The average molecular weight is 690 g/mol. The number of hydrogen-bond donors (Lipinski definition) is 1. The number of carboxylic acid groups (broad SMARTS) is 1. The predicted molar refractivity (Wildman–Crippen MR) is 133 cm³/mol. The summed E-state index contributed by atoms with van der Waals surface area (Å²) in [6, 6.07) is 8.81. The first-order valence-corrected chi connectivity index (χ1v) is 11.9. The van der Waals surface area contributed by atoms with Crippen molar-refractivity contribution in [2.75, 3.05) is 6.54 Å². The lowest BCUT2D eigenvalue weighted by atomic mass is 10.2. The quantitative estimate of drug-likeness (QED) is 0.301. The number of hydrogen-bond acceptors (Lipinski definition) is 5. The van der Waals surface area contributed by atoms with E-state index in [2.05, 4.69) is 45.2 Å². The molecule has 0 atom stereocenters. The predicted octanol–water partition coefficient (Wildman–Crippen LogP) is 5.90. The number of amides is 2. The zero-order valence-electron chi connectivity index (χ0n) is 14.8. The van der Waals surface area contributed by atoms with Crippen LogP contribution in [0.15, 0.2) is 35.2 Å². The van der Waals surface area contributed by atoms with E-state index in [0.29, 0.717) is 26.3 Å². The van der Waals surface area contributed by atoms with Crippen LogP contribution in [0.1, 0.15) is 11.1 Å². The van der Waals surface area contributed by atoms with Crippen molar-refractivity contribution in [1.29, 1.82) is 0 Å². The minimum Gasteiger partial charge on any atom is -0.487 e. The molecular formula is C19H11Cl2I2NO5S. The van der Waals surface area contributed by atoms with Gasteiger partial charge in [-0.25, -0.2) is 0 Å². The second-order valence-corrected chi connectivity index (χ2v) is 10.2. The molecule has 1 heterocycles. The number of halogens is 4. The summed E-state index contributed by atoms with van der Waals surface area (Å²) < 4.78 is 7.55. The fraction of sp³-hybridized carbons (Fsp3) is 0.105. The summed E-state index contributed by atoms with van der Waals surface area (Å²) >= 11 is 17.1. The van der Waals surface area contributed by atoms with Gasteiger partial charge in [0.05, 0.1) is 12.0 Å². The molecule has 1 aliphatic heterocycles. The van der Waals surface area contributed by atoms with Crippen LogP contribution in [0.3, 0.4) is 0 Å². The smallest absolute Gasteiger partial charge is 0.323 e. The van der Waals surface area contributed by atoms with Crippen LogP contribution in [0.4, 0.5) is 4.79 Å². The van der Waals surface area contributed by atoms with Crippen molar-refractivity contribution in [2.24, 2.45) is 0 Å². The zero-order chi connectivity index (χ0) is 22.0. The summed E-state index contributed by atoms with van der Waals surface area (Å²) in [6.07, 6.45) is 1.57. The Morgan fingerprint density at radius 3 is 2.43 bits per heavy atom. The van der Waals surface area contributed by atoms with Crippen LogP contribution in [0.2, 0.25) is 10.0 Å². The Bertz CT molecular complexity index is 1070. The topological polar surface area (TPSA) is 83.9 Å². The van der Waals surface area contributed by atoms with Gasteiger partial charge in [-0.2, -0.15) is 0 Å². The van der Waals surface area contributed by atoms with Crippen LogP contribution in [0, 0.1) is 7.14 Å². The summed E-state index contributed by atoms with van der Waals surface area (Å²) in [5.41, 5.74) is 1.49. The number of nitrogens with zero attached hydrogens (tertiary/aromatic N) is 1. The minimum atomic E-state index is -1.25. The van der Waals surface area contributed by atoms with Gasteiger partial charge < -0.3 is 9.84 Å². The molecule has 2 amide bonds. The molecule has 0 aliphatic carbocycles. The van der Waals surface area contributed by atoms with Crippen molar-refractivity contribution in [1.82, 2.24) is 4.90 Å². The highest BCUT2D eigenvalue weighted by molar-refractivity contribution is 14.1. The van der Waals surface area contributed by atoms with Crippen molar-refractivity contribution in [3.05, 3.63) is 63.5 Å². The summed E-state index contributed by atoms with van der Waals surface area (Å²) in [5, 5.41) is 9.31. The first kappa shape index (κ1) is 23.6. The molecule has 1 saturated heterocycles. The van der Waals surface area contributed by atoms with Crippen molar-refractivity contribution in [2.45, 2.75) is 6.61 Å². The third-order valence-electron chi connectivity index (χ3n) is 3.87. The molecular weight excluding hydrogens is 679 g/mol. The lowest BCUT2D eigenvalue weighted by Gasteiger charge is -2.13. The summed E-state index contributed by atoms with van der Waals surface area (Å²) in [5.74, 6) is -1.20. The largest absolute Gasteiger partial charge is 0.487 e. The first-order valence-electron chi connectivity index (χ1n) is 8.18. The molecule has 1 fully saturated rings. The second-order valence-electron chi connectivity index (χ2n) is 6.00. The van der Waals surface area contributed by atoms with E-state index in [1.165, 1.54) is 0 Å². The maximum Gasteiger partial charge on any atom is 0.323 e. The van der Waals surface area contributed by atoms with Crippen molar-refractivity contribution in [3.8, 4) is 5.75 Å². The van der Waals surface area contributed by atoms with Gasteiger partial charge in [-0.05, 0) is 92.8 Å². The summed E-state index contributed by atoms with van der Waals surface area (Å²) in [4.78, 5) is 35.9. The van der Waals surface area contributed by atoms with Gasteiger partial charge in [0.2, 0.25) is 0 Å². The van der Waals surface area contributed by atoms with Crippen LogP contribution < -0.4 is 4.74 Å². The highest BCUT2D eigenvalue weighted by atomic mass is 127. The number of carbonyl (C=O) groups is 3. The van der Waals surface area contributed by atoms with Crippen LogP contribution in [-0.2, 0) is 16.2 Å². The Kier molecular flexibility index (Phi) is 7.93. The van der Waals surface area contributed by atoms with E-state index in [1.807, 2.05) is 12.1 Å². The van der Waals surface area contributed by atoms with Gasteiger partial charge in [0.25, 0.3) is 11.1 Å². The number of benzene rings is 2. The number of carboxylic acids is 1. The molecule has 6 nitrogen and oxygen atoms in total. The van der Waals surface area contributed by atoms with Gasteiger partial charge in [-0.3, -0.25) is 19.3 Å². The average Bonchev–Trinajstić information content (AvgIpc) is 2.89. The van der Waals surface area contributed by atoms with E-state index in [1.54, 1.807) is 24.3 Å². The molecule has 11 heteroatoms. The highest BCUT2D eigenvalue weighted by Gasteiger charge is 2.36. The second kappa shape index (κ2) is 10.1. The molecule has 30 heavy (non-hydrogen) atoms. The SMILES string of the molecule is O=C(O)CN1C(=O)S/C(=C/c2cc(I)c(OCc3ccc(Cl)cc3Cl)c(I)c2)C1=O. The fourth-order valence-electron chi connectivity index (χ4n) is 2.51. The molecule has 1 aliphatic rings. The third kappa shape index (κ3) is 5.61. The monoisotopic (exact) mass is 689 g/mol. The molecule has 0 spiro atoms. The van der Waals surface area contributed by atoms with E-state index in [9.17, 15) is 14.4 Å². The molecule has 0 aromatic heterocycles. The van der Waals surface area contributed by atoms with Crippen LogP contribution in [0.25, 0.3) is 6.08 Å². The normalized spacial score (nSPS) is 15.2. The lowest BCUT2D eigenvalue weighted by Crippen LogP contribution is -2.33. The van der Waals surface area contributed by atoms with Gasteiger partial charge >= 0.3 is 5.97 Å². The molecule has 0 bridgehead atoms. The molecule has 156 valence electrons. The maximum atomic E-state index is 12.3. The minimum absolute atomic E-state index is 0.175. The number of thioether (sulfide) groups is 1. The zero-order valence-corrected chi connectivity index (χ0v) is 21.5. The Hall–Kier alpha value is -1.02. The van der Waals surface area contributed by atoms with E-state index in [0.717, 1.165) is 24.5 Å². The number of rotatable bonds is 6. The molecule has 0 radical (unpaired) electrons. The summed E-state index contributed by atoms with van der Waals surface area (Å²) in [6.45, 7) is -0.396. The van der Waals surface area contributed by atoms with Gasteiger partial charge in [0, 0.05) is 15.6 Å². The Morgan fingerprint density at radius 2 is 1.83 bits per heavy atom. The Balaban J connectivity index is 1.79. The number of imide groups is 1. The molecule has 1 N–H and O–H groups in total. The molecule has 2 aromatic rings. The Labute approximate surface area is 213 Å². The van der Waals surface area contributed by atoms with Crippen molar-refractivity contribution in [3.63, 3.8) is 0 Å². The van der Waals surface area contributed by atoms with Crippen molar-refractivity contribution >= 4 is 103 Å². The van der Waals surface area contributed by atoms with Gasteiger partial charge in [0.1, 0.15) is 18.9 Å². The highest BCUT2D eigenvalue weighted by Crippen LogP contribution is 2.35. The van der Waals surface area contributed by atoms with Crippen LogP contribution in [-0.4, -0.2) is 33.7 Å². The van der Waals surface area contributed by atoms with Crippen molar-refractivity contribution < 1.29 is 24.2 Å². The number of ether oxygens (including phenoxy) is 1. The summed E-state index contributed by atoms with van der Waals surface area (Å²) in [7, 11) is 0. The molecule has 2 aromatic carbocycles. The molecule has 0 unspecified atom stereocenters. The van der Waals surface area contributed by atoms with Gasteiger partial charge in [-0.1, -0.05) is 29.3 Å². The van der Waals surface area contributed by atoms with Crippen LogP contribution in [0.5, 0.6) is 5.75 Å². The van der Waals surface area contributed by atoms with E-state index >= 15 is 0 Å². The third-order valence-corrected chi connectivity index (χ3v) is 6.97. The van der Waals surface area contributed by atoms with E-state index < -0.39 is 23.7 Å².